The highest BCUT2D eigenvalue weighted by Crippen LogP contribution is 2.26. The number of nitrogens with zero attached hydrogens (tertiary/aromatic N) is 1. The van der Waals surface area contributed by atoms with Crippen LogP contribution in [0.4, 0.5) is 5.69 Å². The van der Waals surface area contributed by atoms with Crippen LogP contribution in [0.15, 0.2) is 35.5 Å². The monoisotopic (exact) mass is 283 g/mol. The number of aromatic carboxylic acids is 1. The summed E-state index contributed by atoms with van der Waals surface area (Å²) in [4.78, 5) is 10.7. The molecule has 0 aliphatic rings. The van der Waals surface area contributed by atoms with Crippen molar-refractivity contribution in [2.75, 3.05) is 4.72 Å². The lowest BCUT2D eigenvalue weighted by Gasteiger charge is -2.08. The summed E-state index contributed by atoms with van der Waals surface area (Å²) in [6, 6.07) is 4.53. The number of rotatable bonds is 4. The molecule has 0 amide bonds. The molecule has 0 saturated carbocycles. The van der Waals surface area contributed by atoms with Gasteiger partial charge in [0.05, 0.1) is 17.4 Å². The molecule has 1 aromatic heterocycles. The first-order chi connectivity index (χ1) is 8.90. The molecule has 1 heterocycles. The maximum atomic E-state index is 11.8. The zero-order valence-corrected chi connectivity index (χ0v) is 10.2. The first kappa shape index (κ1) is 12.9. The van der Waals surface area contributed by atoms with Crippen molar-refractivity contribution >= 4 is 21.7 Å². The number of carboxylic acids is 1. The predicted octanol–water partition coefficient (Wildman–Crippen LogP) is 0.614. The Morgan fingerprint density at radius 3 is 2.58 bits per heavy atom. The van der Waals surface area contributed by atoms with Gasteiger partial charge in [-0.05, 0) is 24.3 Å². The van der Waals surface area contributed by atoms with Crippen LogP contribution in [-0.4, -0.2) is 34.8 Å². The molecule has 0 aliphatic carbocycles. The number of phenols is 1. The van der Waals surface area contributed by atoms with Crippen LogP contribution in [0, 0.1) is 0 Å². The highest BCUT2D eigenvalue weighted by Gasteiger charge is 2.18. The number of aromatic hydroxyl groups is 1. The zero-order chi connectivity index (χ0) is 14.0. The summed E-state index contributed by atoms with van der Waals surface area (Å²) < 4.78 is 25.8. The van der Waals surface area contributed by atoms with E-state index in [1.807, 2.05) is 0 Å². The molecule has 0 fully saturated rings. The molecule has 1 aromatic carbocycles. The van der Waals surface area contributed by atoms with Gasteiger partial charge >= 0.3 is 5.97 Å². The Balaban J connectivity index is 2.32. The number of hydrogen-bond acceptors (Lipinski definition) is 5. The highest BCUT2D eigenvalue weighted by atomic mass is 32.2. The number of carbonyl (C=O) groups is 1. The second-order valence-electron chi connectivity index (χ2n) is 3.56. The predicted molar refractivity (Wildman–Crippen MR) is 64.5 cm³/mol. The Bertz CT molecular complexity index is 709. The number of hydrogen-bond donors (Lipinski definition) is 4. The average molecular weight is 283 g/mol. The van der Waals surface area contributed by atoms with Gasteiger partial charge in [-0.1, -0.05) is 0 Å². The first-order valence-corrected chi connectivity index (χ1v) is 6.47. The molecule has 0 atom stereocenters. The van der Waals surface area contributed by atoms with Gasteiger partial charge in [-0.15, -0.1) is 0 Å². The molecule has 0 aliphatic heterocycles. The van der Waals surface area contributed by atoms with Crippen LogP contribution in [0.25, 0.3) is 0 Å². The Morgan fingerprint density at radius 2 is 2.05 bits per heavy atom. The summed E-state index contributed by atoms with van der Waals surface area (Å²) in [6.45, 7) is 0. The van der Waals surface area contributed by atoms with E-state index in [9.17, 15) is 18.3 Å². The number of carboxylic acid groups (broad SMARTS) is 1. The van der Waals surface area contributed by atoms with Gasteiger partial charge in [-0.2, -0.15) is 13.5 Å². The molecule has 0 radical (unpaired) electrons. The third-order valence-corrected chi connectivity index (χ3v) is 3.55. The minimum absolute atomic E-state index is 0.125. The molecule has 0 spiro atoms. The van der Waals surface area contributed by atoms with E-state index in [2.05, 4.69) is 14.9 Å². The van der Waals surface area contributed by atoms with Gasteiger partial charge < -0.3 is 10.2 Å². The van der Waals surface area contributed by atoms with Crippen LogP contribution in [0.3, 0.4) is 0 Å². The Kier molecular flexibility index (Phi) is 3.13. The summed E-state index contributed by atoms with van der Waals surface area (Å²) in [6.07, 6.45) is 1.27. The largest absolute Gasteiger partial charge is 0.506 e. The van der Waals surface area contributed by atoms with Crippen LogP contribution < -0.4 is 4.72 Å². The quantitative estimate of drug-likeness (QED) is 0.608. The molecule has 0 saturated heterocycles. The standard InChI is InChI=1S/C10H9N3O5S/c14-8-5-6(10(15)16)1-2-7(8)13-19(17,18)9-3-4-11-12-9/h1-5,13-14H,(H,11,12)(H,15,16). The van der Waals surface area contributed by atoms with Gasteiger partial charge in [0.1, 0.15) is 5.75 Å². The Hall–Kier alpha value is -2.55. The Labute approximate surface area is 107 Å². The van der Waals surface area contributed by atoms with E-state index in [0.717, 1.165) is 12.1 Å². The fraction of sp³-hybridized carbons (Fsp3) is 0. The molecular weight excluding hydrogens is 274 g/mol. The smallest absolute Gasteiger partial charge is 0.335 e. The van der Waals surface area contributed by atoms with Crippen molar-refractivity contribution in [3.63, 3.8) is 0 Å². The second kappa shape index (κ2) is 4.61. The number of anilines is 1. The van der Waals surface area contributed by atoms with Gasteiger partial charge in [0.25, 0.3) is 10.0 Å². The number of sulfonamides is 1. The highest BCUT2D eigenvalue weighted by molar-refractivity contribution is 7.92. The lowest BCUT2D eigenvalue weighted by atomic mass is 10.2. The summed E-state index contributed by atoms with van der Waals surface area (Å²) in [5.74, 6) is -1.71. The van der Waals surface area contributed by atoms with Gasteiger partial charge in [0, 0.05) is 0 Å². The minimum Gasteiger partial charge on any atom is -0.506 e. The number of benzene rings is 1. The summed E-state index contributed by atoms with van der Waals surface area (Å²) in [5.41, 5.74) is -0.276. The summed E-state index contributed by atoms with van der Waals surface area (Å²) in [7, 11) is -3.90. The van der Waals surface area contributed by atoms with Gasteiger partial charge in [0.15, 0.2) is 5.03 Å². The summed E-state index contributed by atoms with van der Waals surface area (Å²) in [5, 5.41) is 23.9. The molecular formula is C10H9N3O5S. The molecule has 2 aromatic rings. The van der Waals surface area contributed by atoms with Gasteiger partial charge in [-0.25, -0.2) is 4.79 Å². The van der Waals surface area contributed by atoms with E-state index >= 15 is 0 Å². The fourth-order valence-corrected chi connectivity index (χ4v) is 2.33. The van der Waals surface area contributed by atoms with Crippen molar-refractivity contribution < 1.29 is 23.4 Å². The number of aromatic amines is 1. The van der Waals surface area contributed by atoms with E-state index in [1.165, 1.54) is 18.3 Å². The third kappa shape index (κ3) is 2.65. The topological polar surface area (TPSA) is 132 Å². The summed E-state index contributed by atoms with van der Waals surface area (Å²) >= 11 is 0. The molecule has 100 valence electrons. The zero-order valence-electron chi connectivity index (χ0n) is 9.36. The van der Waals surface area contributed by atoms with Crippen LogP contribution in [0.5, 0.6) is 5.75 Å². The van der Waals surface area contributed by atoms with Crippen LogP contribution in [-0.2, 0) is 10.0 Å². The fourth-order valence-electron chi connectivity index (χ4n) is 1.34. The van der Waals surface area contributed by atoms with E-state index in [0.29, 0.717) is 0 Å². The number of H-pyrrole nitrogens is 1. The molecule has 0 unspecified atom stereocenters. The average Bonchev–Trinajstić information content (AvgIpc) is 2.85. The maximum Gasteiger partial charge on any atom is 0.335 e. The van der Waals surface area contributed by atoms with Crippen molar-refractivity contribution in [3.05, 3.63) is 36.0 Å². The molecule has 0 bridgehead atoms. The van der Waals surface area contributed by atoms with Gasteiger partial charge in [-0.3, -0.25) is 9.82 Å². The van der Waals surface area contributed by atoms with E-state index < -0.39 is 21.7 Å². The molecule has 2 rings (SSSR count). The van der Waals surface area contributed by atoms with Gasteiger partial charge in [0.2, 0.25) is 0 Å². The number of phenolic OH excluding ortho intramolecular Hbond substituents is 1. The molecule has 4 N–H and O–H groups in total. The van der Waals surface area contributed by atoms with E-state index in [4.69, 9.17) is 5.11 Å². The van der Waals surface area contributed by atoms with Crippen molar-refractivity contribution in [1.29, 1.82) is 0 Å². The van der Waals surface area contributed by atoms with Crippen molar-refractivity contribution in [3.8, 4) is 5.75 Å². The molecule has 19 heavy (non-hydrogen) atoms. The van der Waals surface area contributed by atoms with Crippen molar-refractivity contribution in [2.45, 2.75) is 5.03 Å². The number of nitrogens with one attached hydrogen (secondary N) is 2. The number of aromatic nitrogens is 2. The third-order valence-electron chi connectivity index (χ3n) is 2.25. The minimum atomic E-state index is -3.90. The van der Waals surface area contributed by atoms with E-state index in [1.54, 1.807) is 0 Å². The second-order valence-corrected chi connectivity index (χ2v) is 5.21. The lowest BCUT2D eigenvalue weighted by Crippen LogP contribution is -2.13. The first-order valence-electron chi connectivity index (χ1n) is 4.98. The lowest BCUT2D eigenvalue weighted by molar-refractivity contribution is 0.0696. The van der Waals surface area contributed by atoms with Crippen LogP contribution in [0.2, 0.25) is 0 Å². The van der Waals surface area contributed by atoms with E-state index in [-0.39, 0.29) is 16.3 Å². The van der Waals surface area contributed by atoms with Crippen LogP contribution >= 0.6 is 0 Å². The van der Waals surface area contributed by atoms with Crippen LogP contribution in [0.1, 0.15) is 10.4 Å². The molecule has 8 nitrogen and oxygen atoms in total. The molecule has 9 heteroatoms. The Morgan fingerprint density at radius 1 is 1.32 bits per heavy atom. The normalized spacial score (nSPS) is 11.2. The SMILES string of the molecule is O=C(O)c1ccc(NS(=O)(=O)c2ccn[nH]2)c(O)c1. The van der Waals surface area contributed by atoms with Crippen molar-refractivity contribution in [1.82, 2.24) is 10.2 Å². The van der Waals surface area contributed by atoms with Crippen molar-refractivity contribution in [2.24, 2.45) is 0 Å². The maximum absolute atomic E-state index is 11.8.